The number of methoxy groups -OCH3 is 1. The van der Waals surface area contributed by atoms with Crippen molar-refractivity contribution < 1.29 is 9.53 Å². The zero-order valence-corrected chi connectivity index (χ0v) is 9.26. The van der Waals surface area contributed by atoms with Gasteiger partial charge in [0.2, 0.25) is 0 Å². The Kier molecular flexibility index (Phi) is 3.53. The highest BCUT2D eigenvalue weighted by Gasteiger charge is 2.10. The van der Waals surface area contributed by atoms with E-state index in [1.165, 1.54) is 0 Å². The highest BCUT2D eigenvalue weighted by atomic mass is 35.5. The van der Waals surface area contributed by atoms with Crippen LogP contribution in [0.15, 0.2) is 12.1 Å². The highest BCUT2D eigenvalue weighted by molar-refractivity contribution is 6.31. The van der Waals surface area contributed by atoms with E-state index >= 15 is 0 Å². The summed E-state index contributed by atoms with van der Waals surface area (Å²) in [6.07, 6.45) is 0.745. The molecule has 0 saturated carbocycles. The predicted molar refractivity (Wildman–Crippen MR) is 57.5 cm³/mol. The molecule has 0 spiro atoms. The third-order valence-corrected chi connectivity index (χ3v) is 2.43. The summed E-state index contributed by atoms with van der Waals surface area (Å²) < 4.78 is 5.09. The highest BCUT2D eigenvalue weighted by Crippen LogP contribution is 2.30. The van der Waals surface area contributed by atoms with Crippen molar-refractivity contribution in [2.24, 2.45) is 0 Å². The number of ether oxygens (including phenoxy) is 1. The van der Waals surface area contributed by atoms with Crippen molar-refractivity contribution in [2.75, 3.05) is 7.11 Å². The Balaban J connectivity index is 3.30. The summed E-state index contributed by atoms with van der Waals surface area (Å²) in [5.41, 5.74) is 1.48. The zero-order chi connectivity index (χ0) is 10.7. The molecule has 0 heterocycles. The lowest BCUT2D eigenvalue weighted by Crippen LogP contribution is -1.95. The van der Waals surface area contributed by atoms with Crippen LogP contribution in [0.1, 0.15) is 35.7 Å². The van der Waals surface area contributed by atoms with Gasteiger partial charge in [-0.2, -0.15) is 0 Å². The van der Waals surface area contributed by atoms with Crippen LogP contribution in [0, 0.1) is 0 Å². The van der Waals surface area contributed by atoms with E-state index in [0.717, 1.165) is 11.8 Å². The van der Waals surface area contributed by atoms with Gasteiger partial charge in [0, 0.05) is 5.02 Å². The van der Waals surface area contributed by atoms with Gasteiger partial charge in [-0.15, -0.1) is 0 Å². The van der Waals surface area contributed by atoms with Gasteiger partial charge in [-0.3, -0.25) is 4.79 Å². The second-order valence-corrected chi connectivity index (χ2v) is 3.80. The number of hydrogen-bond donors (Lipinski definition) is 0. The average Bonchev–Trinajstić information content (AvgIpc) is 2.16. The smallest absolute Gasteiger partial charge is 0.153 e. The van der Waals surface area contributed by atoms with Gasteiger partial charge in [0.05, 0.1) is 12.7 Å². The average molecular weight is 213 g/mol. The number of carbonyl (C=O) groups excluding carboxylic acids is 1. The first kappa shape index (κ1) is 11.1. The minimum Gasteiger partial charge on any atom is -0.496 e. The van der Waals surface area contributed by atoms with Gasteiger partial charge in [-0.25, -0.2) is 0 Å². The minimum absolute atomic E-state index is 0.317. The first-order chi connectivity index (χ1) is 6.60. The molecule has 0 saturated heterocycles. The summed E-state index contributed by atoms with van der Waals surface area (Å²) in [5.74, 6) is 0.894. The second-order valence-electron chi connectivity index (χ2n) is 3.39. The Bertz CT molecular complexity index is 345. The van der Waals surface area contributed by atoms with Crippen LogP contribution >= 0.6 is 11.6 Å². The van der Waals surface area contributed by atoms with Crippen LogP contribution < -0.4 is 4.74 Å². The Hall–Kier alpha value is -1.02. The molecule has 76 valence electrons. The van der Waals surface area contributed by atoms with Crippen molar-refractivity contribution in [1.82, 2.24) is 0 Å². The molecule has 1 aromatic carbocycles. The summed E-state index contributed by atoms with van der Waals surface area (Å²) in [6.45, 7) is 4.09. The molecule has 14 heavy (non-hydrogen) atoms. The lowest BCUT2D eigenvalue weighted by atomic mass is 10.0. The van der Waals surface area contributed by atoms with Crippen LogP contribution in [-0.2, 0) is 0 Å². The van der Waals surface area contributed by atoms with Gasteiger partial charge in [0.15, 0.2) is 6.29 Å². The van der Waals surface area contributed by atoms with Crippen molar-refractivity contribution in [1.29, 1.82) is 0 Å². The van der Waals surface area contributed by atoms with E-state index in [1.807, 2.05) is 19.9 Å². The van der Waals surface area contributed by atoms with Gasteiger partial charge >= 0.3 is 0 Å². The third kappa shape index (κ3) is 2.07. The lowest BCUT2D eigenvalue weighted by Gasteiger charge is -2.11. The maximum atomic E-state index is 10.7. The molecular weight excluding hydrogens is 200 g/mol. The number of halogens is 1. The number of benzene rings is 1. The fourth-order valence-corrected chi connectivity index (χ4v) is 1.69. The van der Waals surface area contributed by atoms with Gasteiger partial charge in [-0.1, -0.05) is 25.4 Å². The Morgan fingerprint density at radius 3 is 2.50 bits per heavy atom. The zero-order valence-electron chi connectivity index (χ0n) is 8.50. The standard InChI is InChI=1S/C11H13ClO2/c1-7(2)9-5-11(14-3)8(6-13)4-10(9)12/h4-7H,1-3H3. The molecular formula is C11H13ClO2. The summed E-state index contributed by atoms with van der Waals surface area (Å²) in [5, 5.41) is 0.614. The molecule has 0 unspecified atom stereocenters. The molecule has 0 atom stereocenters. The molecule has 0 aliphatic rings. The van der Waals surface area contributed by atoms with Crippen LogP contribution in [0.2, 0.25) is 5.02 Å². The molecule has 0 N–H and O–H groups in total. The van der Waals surface area contributed by atoms with Gasteiger partial charge in [0.1, 0.15) is 5.75 Å². The number of aldehydes is 1. The third-order valence-electron chi connectivity index (χ3n) is 2.10. The molecule has 0 fully saturated rings. The molecule has 0 aliphatic carbocycles. The molecule has 3 heteroatoms. The van der Waals surface area contributed by atoms with E-state index in [-0.39, 0.29) is 0 Å². The van der Waals surface area contributed by atoms with E-state index < -0.39 is 0 Å². The van der Waals surface area contributed by atoms with E-state index in [9.17, 15) is 4.79 Å². The minimum atomic E-state index is 0.317. The molecule has 0 amide bonds. The SMILES string of the molecule is COc1cc(C(C)C)c(Cl)cc1C=O. The van der Waals surface area contributed by atoms with Crippen molar-refractivity contribution in [2.45, 2.75) is 19.8 Å². The Morgan fingerprint density at radius 1 is 1.43 bits per heavy atom. The maximum absolute atomic E-state index is 10.7. The summed E-state index contributed by atoms with van der Waals surface area (Å²) >= 11 is 6.02. The number of carbonyl (C=O) groups is 1. The molecule has 1 aromatic rings. The van der Waals surface area contributed by atoms with Gasteiger partial charge in [-0.05, 0) is 23.6 Å². The molecule has 1 rings (SSSR count). The lowest BCUT2D eigenvalue weighted by molar-refractivity contribution is 0.112. The number of rotatable bonds is 3. The van der Waals surface area contributed by atoms with Crippen LogP contribution in [0.25, 0.3) is 0 Å². The van der Waals surface area contributed by atoms with Crippen LogP contribution in [-0.4, -0.2) is 13.4 Å². The largest absolute Gasteiger partial charge is 0.496 e. The molecule has 0 radical (unpaired) electrons. The van der Waals surface area contributed by atoms with Crippen molar-refractivity contribution in [3.8, 4) is 5.75 Å². The summed E-state index contributed by atoms with van der Waals surface area (Å²) in [6, 6.07) is 3.46. The van der Waals surface area contributed by atoms with Crippen molar-refractivity contribution >= 4 is 17.9 Å². The molecule has 2 nitrogen and oxygen atoms in total. The normalized spacial score (nSPS) is 10.4. The van der Waals surface area contributed by atoms with Gasteiger partial charge < -0.3 is 4.74 Å². The Morgan fingerprint density at radius 2 is 2.07 bits per heavy atom. The molecule has 0 aliphatic heterocycles. The van der Waals surface area contributed by atoms with E-state index in [0.29, 0.717) is 22.3 Å². The van der Waals surface area contributed by atoms with Crippen LogP contribution in [0.4, 0.5) is 0 Å². The second kappa shape index (κ2) is 4.47. The van der Waals surface area contributed by atoms with Crippen LogP contribution in [0.3, 0.4) is 0 Å². The Labute approximate surface area is 88.8 Å². The van der Waals surface area contributed by atoms with Gasteiger partial charge in [0.25, 0.3) is 0 Å². The van der Waals surface area contributed by atoms with Crippen molar-refractivity contribution in [3.05, 3.63) is 28.3 Å². The maximum Gasteiger partial charge on any atom is 0.153 e. The van der Waals surface area contributed by atoms with Crippen molar-refractivity contribution in [3.63, 3.8) is 0 Å². The quantitative estimate of drug-likeness (QED) is 0.719. The number of hydrogen-bond acceptors (Lipinski definition) is 2. The fraction of sp³-hybridized carbons (Fsp3) is 0.364. The summed E-state index contributed by atoms with van der Waals surface area (Å²) in [4.78, 5) is 10.7. The van der Waals surface area contributed by atoms with E-state index in [2.05, 4.69) is 0 Å². The monoisotopic (exact) mass is 212 g/mol. The first-order valence-corrected chi connectivity index (χ1v) is 4.80. The molecule has 0 bridgehead atoms. The van der Waals surface area contributed by atoms with E-state index in [4.69, 9.17) is 16.3 Å². The fourth-order valence-electron chi connectivity index (χ4n) is 1.30. The van der Waals surface area contributed by atoms with Crippen LogP contribution in [0.5, 0.6) is 5.75 Å². The topological polar surface area (TPSA) is 26.3 Å². The predicted octanol–water partition coefficient (Wildman–Crippen LogP) is 3.28. The summed E-state index contributed by atoms with van der Waals surface area (Å²) in [7, 11) is 1.54. The first-order valence-electron chi connectivity index (χ1n) is 4.42. The molecule has 0 aromatic heterocycles. The van der Waals surface area contributed by atoms with E-state index in [1.54, 1.807) is 13.2 Å².